The number of carbonyl (C=O) groups excluding carboxylic acids is 2. The van der Waals surface area contributed by atoms with Gasteiger partial charge in [0.15, 0.2) is 0 Å². The van der Waals surface area contributed by atoms with Crippen LogP contribution in [0.1, 0.15) is 24.5 Å². The van der Waals surface area contributed by atoms with E-state index >= 15 is 0 Å². The molecular weight excluding hydrogens is 678 g/mol. The minimum Gasteiger partial charge on any atom is -0.497 e. The van der Waals surface area contributed by atoms with Crippen LogP contribution >= 0.6 is 27.5 Å². The van der Waals surface area contributed by atoms with E-state index in [1.807, 2.05) is 61.5 Å². The average molecular weight is 713 g/mol. The summed E-state index contributed by atoms with van der Waals surface area (Å²) in [5.74, 6) is -0.391. The van der Waals surface area contributed by atoms with Crippen LogP contribution in [-0.2, 0) is 32.6 Å². The van der Waals surface area contributed by atoms with Crippen LogP contribution in [0.15, 0.2) is 112 Å². The Morgan fingerprint density at radius 2 is 1.60 bits per heavy atom. The molecule has 4 aromatic rings. The van der Waals surface area contributed by atoms with Gasteiger partial charge in [0.1, 0.15) is 18.3 Å². The van der Waals surface area contributed by atoms with Crippen molar-refractivity contribution < 1.29 is 22.7 Å². The fraction of sp³-hybridized carbons (Fsp3) is 0.235. The highest BCUT2D eigenvalue weighted by Crippen LogP contribution is 2.28. The SMILES string of the molecule is CCCNC(=O)[C@@H](Cc1ccccc1)N(Cc1cccc(Br)c1)C(=O)CN(c1cccc(Cl)c1)S(=O)(=O)c1ccc(OC)cc1. The van der Waals surface area contributed by atoms with E-state index in [0.29, 0.717) is 23.7 Å². The van der Waals surface area contributed by atoms with Gasteiger partial charge in [0.05, 0.1) is 17.7 Å². The monoisotopic (exact) mass is 711 g/mol. The standard InChI is InChI=1S/C34H35BrClN3O5S/c1-3-19-37-34(41)32(21-25-9-5-4-6-10-25)38(23-26-11-7-12-27(35)20-26)33(40)24-39(29-14-8-13-28(36)22-29)45(42,43)31-17-15-30(44-2)16-18-31/h4-18,20,22,32H,3,19,21,23-24H2,1-2H3,(H,37,41)/t32-/m1/s1. The van der Waals surface area contributed by atoms with Crippen molar-refractivity contribution in [2.45, 2.75) is 37.2 Å². The number of halogens is 2. The molecule has 0 radical (unpaired) electrons. The Bertz CT molecular complexity index is 1700. The molecule has 1 N–H and O–H groups in total. The van der Waals surface area contributed by atoms with Crippen LogP contribution < -0.4 is 14.4 Å². The van der Waals surface area contributed by atoms with Crippen molar-refractivity contribution in [1.29, 1.82) is 0 Å². The number of amides is 2. The van der Waals surface area contributed by atoms with E-state index in [1.165, 1.54) is 30.2 Å². The van der Waals surface area contributed by atoms with Crippen molar-refractivity contribution in [2.75, 3.05) is 24.5 Å². The minimum absolute atomic E-state index is 0.0314. The van der Waals surface area contributed by atoms with Crippen molar-refractivity contribution in [2.24, 2.45) is 0 Å². The zero-order chi connectivity index (χ0) is 32.4. The average Bonchev–Trinajstić information content (AvgIpc) is 3.04. The van der Waals surface area contributed by atoms with Crippen LogP contribution in [0.3, 0.4) is 0 Å². The zero-order valence-electron chi connectivity index (χ0n) is 25.0. The minimum atomic E-state index is -4.26. The quantitative estimate of drug-likeness (QED) is 0.162. The Morgan fingerprint density at radius 3 is 2.24 bits per heavy atom. The second-order valence-corrected chi connectivity index (χ2v) is 13.5. The zero-order valence-corrected chi connectivity index (χ0v) is 28.2. The third kappa shape index (κ3) is 9.09. The summed E-state index contributed by atoms with van der Waals surface area (Å²) >= 11 is 9.78. The fourth-order valence-electron chi connectivity index (χ4n) is 4.79. The summed E-state index contributed by atoms with van der Waals surface area (Å²) in [6, 6.07) is 28.2. The normalized spacial score (nSPS) is 11.8. The Hall–Kier alpha value is -3.86. The Morgan fingerprint density at radius 1 is 0.911 bits per heavy atom. The summed E-state index contributed by atoms with van der Waals surface area (Å²) in [5.41, 5.74) is 1.84. The lowest BCUT2D eigenvalue weighted by Crippen LogP contribution is -2.53. The summed E-state index contributed by atoms with van der Waals surface area (Å²) in [7, 11) is -2.77. The number of nitrogens with one attached hydrogen (secondary N) is 1. The molecule has 0 spiro atoms. The van der Waals surface area contributed by atoms with Crippen LogP contribution in [-0.4, -0.2) is 51.4 Å². The van der Waals surface area contributed by atoms with Crippen molar-refractivity contribution in [3.05, 3.63) is 124 Å². The summed E-state index contributed by atoms with van der Waals surface area (Å²) in [5, 5.41) is 3.25. The molecule has 0 aliphatic rings. The van der Waals surface area contributed by atoms with Gasteiger partial charge in [-0.3, -0.25) is 13.9 Å². The molecule has 0 saturated heterocycles. The van der Waals surface area contributed by atoms with Gasteiger partial charge < -0.3 is 15.0 Å². The molecule has 0 saturated carbocycles. The van der Waals surface area contributed by atoms with E-state index in [1.54, 1.807) is 30.3 Å². The van der Waals surface area contributed by atoms with Gasteiger partial charge in [0, 0.05) is 29.0 Å². The largest absolute Gasteiger partial charge is 0.497 e. The Labute approximate surface area is 278 Å². The number of ether oxygens (including phenoxy) is 1. The predicted octanol–water partition coefficient (Wildman–Crippen LogP) is 6.47. The highest BCUT2D eigenvalue weighted by molar-refractivity contribution is 9.10. The molecule has 0 heterocycles. The molecule has 11 heteroatoms. The highest BCUT2D eigenvalue weighted by atomic mass is 79.9. The van der Waals surface area contributed by atoms with E-state index in [4.69, 9.17) is 16.3 Å². The Kier molecular flexibility index (Phi) is 12.0. The highest BCUT2D eigenvalue weighted by Gasteiger charge is 2.34. The predicted molar refractivity (Wildman–Crippen MR) is 181 cm³/mol. The number of benzene rings is 4. The number of carbonyl (C=O) groups is 2. The first-order valence-electron chi connectivity index (χ1n) is 14.4. The maximum Gasteiger partial charge on any atom is 0.264 e. The van der Waals surface area contributed by atoms with Gasteiger partial charge in [-0.1, -0.05) is 83.0 Å². The molecule has 4 rings (SSSR count). The number of sulfonamides is 1. The number of nitrogens with zero attached hydrogens (tertiary/aromatic N) is 2. The van der Waals surface area contributed by atoms with Crippen LogP contribution in [0.2, 0.25) is 5.02 Å². The van der Waals surface area contributed by atoms with Gasteiger partial charge in [-0.05, 0) is 72.1 Å². The van der Waals surface area contributed by atoms with E-state index in [-0.39, 0.29) is 29.5 Å². The van der Waals surface area contributed by atoms with E-state index in [9.17, 15) is 18.0 Å². The molecule has 45 heavy (non-hydrogen) atoms. The lowest BCUT2D eigenvalue weighted by atomic mass is 10.0. The topological polar surface area (TPSA) is 96.0 Å². The van der Waals surface area contributed by atoms with Crippen LogP contribution in [0.5, 0.6) is 5.75 Å². The lowest BCUT2D eigenvalue weighted by molar-refractivity contribution is -0.140. The van der Waals surface area contributed by atoms with Crippen molar-refractivity contribution in [3.8, 4) is 5.75 Å². The number of methoxy groups -OCH3 is 1. The summed E-state index contributed by atoms with van der Waals surface area (Å²) in [6.07, 6.45) is 0.949. The molecule has 1 atom stereocenters. The van der Waals surface area contributed by atoms with Gasteiger partial charge in [-0.2, -0.15) is 0 Å². The number of hydrogen-bond donors (Lipinski definition) is 1. The van der Waals surface area contributed by atoms with Crippen molar-refractivity contribution >= 4 is 55.1 Å². The Balaban J connectivity index is 1.80. The second kappa shape index (κ2) is 15.9. The number of rotatable bonds is 14. The van der Waals surface area contributed by atoms with Crippen LogP contribution in [0.25, 0.3) is 0 Å². The van der Waals surface area contributed by atoms with E-state index in [2.05, 4.69) is 21.2 Å². The third-order valence-electron chi connectivity index (χ3n) is 7.08. The molecule has 0 unspecified atom stereocenters. The summed E-state index contributed by atoms with van der Waals surface area (Å²) in [6.45, 7) is 1.88. The van der Waals surface area contributed by atoms with Crippen LogP contribution in [0.4, 0.5) is 5.69 Å². The van der Waals surface area contributed by atoms with E-state index in [0.717, 1.165) is 19.9 Å². The maximum absolute atomic E-state index is 14.5. The third-order valence-corrected chi connectivity index (χ3v) is 9.60. The molecule has 0 fully saturated rings. The lowest BCUT2D eigenvalue weighted by Gasteiger charge is -2.34. The van der Waals surface area contributed by atoms with Gasteiger partial charge >= 0.3 is 0 Å². The number of hydrogen-bond acceptors (Lipinski definition) is 5. The van der Waals surface area contributed by atoms with Gasteiger partial charge in [0.2, 0.25) is 11.8 Å². The molecule has 236 valence electrons. The van der Waals surface area contributed by atoms with Crippen molar-refractivity contribution in [3.63, 3.8) is 0 Å². The number of anilines is 1. The van der Waals surface area contributed by atoms with Gasteiger partial charge in [-0.25, -0.2) is 8.42 Å². The second-order valence-electron chi connectivity index (χ2n) is 10.3. The van der Waals surface area contributed by atoms with E-state index < -0.39 is 28.5 Å². The summed E-state index contributed by atoms with van der Waals surface area (Å²) < 4.78 is 35.3. The molecule has 0 aromatic heterocycles. The maximum atomic E-state index is 14.5. The first kappa shape index (κ1) is 34.0. The molecule has 0 aliphatic heterocycles. The fourth-order valence-corrected chi connectivity index (χ4v) is 6.82. The molecule has 2 amide bonds. The van der Waals surface area contributed by atoms with Gasteiger partial charge in [-0.15, -0.1) is 0 Å². The molecule has 4 aromatic carbocycles. The van der Waals surface area contributed by atoms with Crippen molar-refractivity contribution in [1.82, 2.24) is 10.2 Å². The smallest absolute Gasteiger partial charge is 0.264 e. The molecule has 8 nitrogen and oxygen atoms in total. The van der Waals surface area contributed by atoms with Crippen LogP contribution in [0, 0.1) is 0 Å². The first-order chi connectivity index (χ1) is 21.6. The molecule has 0 aliphatic carbocycles. The molecular formula is C34H35BrClN3O5S. The first-order valence-corrected chi connectivity index (χ1v) is 17.0. The van der Waals surface area contributed by atoms with Gasteiger partial charge in [0.25, 0.3) is 10.0 Å². The molecule has 0 bridgehead atoms. The summed E-state index contributed by atoms with van der Waals surface area (Å²) in [4.78, 5) is 29.6.